The Morgan fingerprint density at radius 2 is 2.06 bits per heavy atom. The molecule has 1 atom stereocenters. The SMILES string of the molecule is CCOc1cncc(CC(O)C(C)(C)C)n1. The van der Waals surface area contributed by atoms with Crippen LogP contribution in [0.2, 0.25) is 0 Å². The molecular weight excluding hydrogens is 204 g/mol. The Morgan fingerprint density at radius 1 is 1.38 bits per heavy atom. The summed E-state index contributed by atoms with van der Waals surface area (Å²) in [6.07, 6.45) is 3.31. The third-order valence-electron chi connectivity index (χ3n) is 2.36. The summed E-state index contributed by atoms with van der Waals surface area (Å²) < 4.78 is 5.26. The highest BCUT2D eigenvalue weighted by Gasteiger charge is 2.22. The molecule has 0 amide bonds. The van der Waals surface area contributed by atoms with Gasteiger partial charge in [0.1, 0.15) is 0 Å². The lowest BCUT2D eigenvalue weighted by molar-refractivity contribution is 0.0625. The summed E-state index contributed by atoms with van der Waals surface area (Å²) in [5.74, 6) is 0.515. The molecule has 0 aliphatic rings. The number of hydrogen-bond donors (Lipinski definition) is 1. The molecule has 90 valence electrons. The van der Waals surface area contributed by atoms with Crippen molar-refractivity contribution in [3.8, 4) is 5.88 Å². The fourth-order valence-corrected chi connectivity index (χ4v) is 1.21. The van der Waals surface area contributed by atoms with Crippen LogP contribution in [0.4, 0.5) is 0 Å². The Kier molecular flexibility index (Phi) is 4.24. The standard InChI is InChI=1S/C12H20N2O2/c1-5-16-11-8-13-7-9(14-11)6-10(15)12(2,3)4/h7-8,10,15H,5-6H2,1-4H3. The van der Waals surface area contributed by atoms with E-state index in [4.69, 9.17) is 4.74 Å². The quantitative estimate of drug-likeness (QED) is 0.847. The lowest BCUT2D eigenvalue weighted by atomic mass is 9.86. The number of aromatic nitrogens is 2. The molecule has 0 aromatic carbocycles. The van der Waals surface area contributed by atoms with E-state index in [2.05, 4.69) is 9.97 Å². The van der Waals surface area contributed by atoms with Crippen molar-refractivity contribution >= 4 is 0 Å². The number of rotatable bonds is 4. The first-order valence-corrected chi connectivity index (χ1v) is 5.55. The molecule has 0 radical (unpaired) electrons. The molecule has 1 N–H and O–H groups in total. The number of hydrogen-bond acceptors (Lipinski definition) is 4. The van der Waals surface area contributed by atoms with Crippen LogP contribution in [0.5, 0.6) is 5.88 Å². The maximum atomic E-state index is 9.95. The summed E-state index contributed by atoms with van der Waals surface area (Å²) in [6, 6.07) is 0. The lowest BCUT2D eigenvalue weighted by Gasteiger charge is -2.25. The monoisotopic (exact) mass is 224 g/mol. The van der Waals surface area contributed by atoms with Crippen LogP contribution in [0.25, 0.3) is 0 Å². The Bertz CT molecular complexity index is 334. The Hall–Kier alpha value is -1.16. The molecule has 0 fully saturated rings. The number of ether oxygens (including phenoxy) is 1. The molecule has 1 unspecified atom stereocenters. The van der Waals surface area contributed by atoms with Crippen molar-refractivity contribution in [1.82, 2.24) is 9.97 Å². The summed E-state index contributed by atoms with van der Waals surface area (Å²) in [5.41, 5.74) is 0.608. The van der Waals surface area contributed by atoms with E-state index >= 15 is 0 Å². The normalized spacial score (nSPS) is 13.6. The van der Waals surface area contributed by atoms with Crippen LogP contribution in [0.15, 0.2) is 12.4 Å². The second-order valence-corrected chi connectivity index (χ2v) is 4.87. The average Bonchev–Trinajstić information content (AvgIpc) is 2.17. The molecule has 0 aliphatic carbocycles. The highest BCUT2D eigenvalue weighted by Crippen LogP contribution is 2.22. The van der Waals surface area contributed by atoms with Gasteiger partial charge in [0.05, 0.1) is 24.6 Å². The van der Waals surface area contributed by atoms with Crippen molar-refractivity contribution in [2.24, 2.45) is 5.41 Å². The molecule has 16 heavy (non-hydrogen) atoms. The molecule has 1 rings (SSSR count). The zero-order valence-electron chi connectivity index (χ0n) is 10.4. The van der Waals surface area contributed by atoms with Crippen LogP contribution in [0.1, 0.15) is 33.4 Å². The van der Waals surface area contributed by atoms with Crippen molar-refractivity contribution in [1.29, 1.82) is 0 Å². The minimum Gasteiger partial charge on any atom is -0.477 e. The average molecular weight is 224 g/mol. The molecule has 1 heterocycles. The highest BCUT2D eigenvalue weighted by atomic mass is 16.5. The first-order valence-electron chi connectivity index (χ1n) is 5.55. The van der Waals surface area contributed by atoms with Crippen molar-refractivity contribution in [2.75, 3.05) is 6.61 Å². The molecule has 1 aromatic rings. The lowest BCUT2D eigenvalue weighted by Crippen LogP contribution is -2.28. The summed E-state index contributed by atoms with van der Waals surface area (Å²) >= 11 is 0. The van der Waals surface area contributed by atoms with Crippen LogP contribution in [0, 0.1) is 5.41 Å². The van der Waals surface area contributed by atoms with Crippen LogP contribution in [-0.2, 0) is 6.42 Å². The Balaban J connectivity index is 2.70. The van der Waals surface area contributed by atoms with Gasteiger partial charge in [0.2, 0.25) is 5.88 Å². The number of aliphatic hydroxyl groups excluding tert-OH is 1. The van der Waals surface area contributed by atoms with Gasteiger partial charge in [-0.2, -0.15) is 0 Å². The van der Waals surface area contributed by atoms with Gasteiger partial charge in [0, 0.05) is 12.6 Å². The topological polar surface area (TPSA) is 55.2 Å². The van der Waals surface area contributed by atoms with E-state index in [-0.39, 0.29) is 5.41 Å². The van der Waals surface area contributed by atoms with E-state index in [1.807, 2.05) is 27.7 Å². The van der Waals surface area contributed by atoms with Gasteiger partial charge in [-0.3, -0.25) is 4.98 Å². The predicted octanol–water partition coefficient (Wildman–Crippen LogP) is 1.82. The Morgan fingerprint density at radius 3 is 2.62 bits per heavy atom. The van der Waals surface area contributed by atoms with Crippen molar-refractivity contribution in [2.45, 2.75) is 40.2 Å². The van der Waals surface area contributed by atoms with E-state index in [9.17, 15) is 5.11 Å². The van der Waals surface area contributed by atoms with E-state index in [0.29, 0.717) is 18.9 Å². The molecule has 0 spiro atoms. The minimum absolute atomic E-state index is 0.150. The molecule has 0 aliphatic heterocycles. The first kappa shape index (κ1) is 12.9. The maximum absolute atomic E-state index is 9.95. The van der Waals surface area contributed by atoms with Gasteiger partial charge in [-0.1, -0.05) is 20.8 Å². The van der Waals surface area contributed by atoms with Gasteiger partial charge >= 0.3 is 0 Å². The first-order chi connectivity index (χ1) is 7.43. The van der Waals surface area contributed by atoms with Crippen LogP contribution >= 0.6 is 0 Å². The molecule has 4 heteroatoms. The molecule has 0 bridgehead atoms. The van der Waals surface area contributed by atoms with Gasteiger partial charge in [-0.05, 0) is 12.3 Å². The molecule has 0 saturated heterocycles. The van der Waals surface area contributed by atoms with Gasteiger partial charge in [-0.15, -0.1) is 0 Å². The summed E-state index contributed by atoms with van der Waals surface area (Å²) in [5, 5.41) is 9.95. The van der Waals surface area contributed by atoms with Crippen molar-refractivity contribution < 1.29 is 9.84 Å². The summed E-state index contributed by atoms with van der Waals surface area (Å²) in [7, 11) is 0. The largest absolute Gasteiger partial charge is 0.477 e. The summed E-state index contributed by atoms with van der Waals surface area (Å²) in [6.45, 7) is 8.46. The van der Waals surface area contributed by atoms with Crippen molar-refractivity contribution in [3.63, 3.8) is 0 Å². The van der Waals surface area contributed by atoms with Gasteiger partial charge in [0.25, 0.3) is 0 Å². The Labute approximate surface area is 96.7 Å². The van der Waals surface area contributed by atoms with Crippen LogP contribution < -0.4 is 4.74 Å². The maximum Gasteiger partial charge on any atom is 0.232 e. The number of aliphatic hydroxyl groups is 1. The molecule has 4 nitrogen and oxygen atoms in total. The fourth-order valence-electron chi connectivity index (χ4n) is 1.21. The van der Waals surface area contributed by atoms with E-state index in [0.717, 1.165) is 5.69 Å². The summed E-state index contributed by atoms with van der Waals surface area (Å²) in [4.78, 5) is 8.31. The van der Waals surface area contributed by atoms with Crippen LogP contribution in [0.3, 0.4) is 0 Å². The second-order valence-electron chi connectivity index (χ2n) is 4.87. The van der Waals surface area contributed by atoms with E-state index in [1.165, 1.54) is 0 Å². The molecular formula is C12H20N2O2. The predicted molar refractivity (Wildman–Crippen MR) is 62.4 cm³/mol. The smallest absolute Gasteiger partial charge is 0.232 e. The third kappa shape index (κ3) is 3.77. The highest BCUT2D eigenvalue weighted by molar-refractivity contribution is 5.09. The van der Waals surface area contributed by atoms with E-state index < -0.39 is 6.10 Å². The van der Waals surface area contributed by atoms with Crippen molar-refractivity contribution in [3.05, 3.63) is 18.1 Å². The third-order valence-corrected chi connectivity index (χ3v) is 2.36. The molecule has 1 aromatic heterocycles. The van der Waals surface area contributed by atoms with Gasteiger partial charge in [-0.25, -0.2) is 4.98 Å². The zero-order chi connectivity index (χ0) is 12.2. The van der Waals surface area contributed by atoms with Gasteiger partial charge in [0.15, 0.2) is 0 Å². The van der Waals surface area contributed by atoms with Crippen LogP contribution in [-0.4, -0.2) is 27.8 Å². The second kappa shape index (κ2) is 5.25. The number of nitrogens with zero attached hydrogens (tertiary/aromatic N) is 2. The zero-order valence-corrected chi connectivity index (χ0v) is 10.4. The fraction of sp³-hybridized carbons (Fsp3) is 0.667. The molecule has 0 saturated carbocycles. The van der Waals surface area contributed by atoms with Gasteiger partial charge < -0.3 is 9.84 Å². The van der Waals surface area contributed by atoms with E-state index in [1.54, 1.807) is 12.4 Å². The minimum atomic E-state index is -0.432.